The predicted molar refractivity (Wildman–Crippen MR) is 132 cm³/mol. The first-order valence-corrected chi connectivity index (χ1v) is 11.1. The van der Waals surface area contributed by atoms with Crippen molar-refractivity contribution in [2.75, 3.05) is 7.05 Å². The molecule has 0 aliphatic carbocycles. The molecule has 0 atom stereocenters. The van der Waals surface area contributed by atoms with E-state index in [0.29, 0.717) is 5.56 Å². The summed E-state index contributed by atoms with van der Waals surface area (Å²) in [6.45, 7) is 7.42. The molecule has 0 aliphatic heterocycles. The number of carboxylic acids is 1. The Morgan fingerprint density at radius 3 is 2.18 bits per heavy atom. The number of carbonyl (C=O) groups is 1. The van der Waals surface area contributed by atoms with E-state index in [1.165, 1.54) is 27.5 Å². The second-order valence-corrected chi connectivity index (χ2v) is 9.36. The van der Waals surface area contributed by atoms with Crippen molar-refractivity contribution in [1.29, 1.82) is 0 Å². The summed E-state index contributed by atoms with van der Waals surface area (Å²) in [7, 11) is 1.99. The van der Waals surface area contributed by atoms with Crippen molar-refractivity contribution in [3.05, 3.63) is 95.6 Å². The molecule has 0 saturated carbocycles. The highest BCUT2D eigenvalue weighted by atomic mass is 35.5. The van der Waals surface area contributed by atoms with E-state index in [1.807, 2.05) is 13.1 Å². The summed E-state index contributed by atoms with van der Waals surface area (Å²) in [6.07, 6.45) is 0. The van der Waals surface area contributed by atoms with Crippen molar-refractivity contribution in [3.63, 3.8) is 0 Å². The molecular weight excluding hydrogens is 430 g/mol. The van der Waals surface area contributed by atoms with Crippen LogP contribution in [-0.4, -0.2) is 18.1 Å². The van der Waals surface area contributed by atoms with Gasteiger partial charge in [-0.25, -0.2) is 4.79 Å². The number of hydrogen-bond acceptors (Lipinski definition) is 1. The Kier molecular flexibility index (Phi) is 7.26. The molecule has 0 saturated heterocycles. The Labute approximate surface area is 201 Å². The fraction of sp³-hybridized carbons (Fsp3) is 0.207. The first-order valence-electron chi connectivity index (χ1n) is 11.1. The molecule has 33 heavy (non-hydrogen) atoms. The number of benzene rings is 4. The minimum atomic E-state index is -0.894. The average Bonchev–Trinajstić information content (AvgIpc) is 2.78. The van der Waals surface area contributed by atoms with Crippen molar-refractivity contribution >= 4 is 16.7 Å². The van der Waals surface area contributed by atoms with Crippen molar-refractivity contribution in [3.8, 4) is 22.3 Å². The maximum atomic E-state index is 11.4. The Morgan fingerprint density at radius 1 is 0.848 bits per heavy atom. The number of aromatic carboxylic acids is 1. The lowest BCUT2D eigenvalue weighted by molar-refractivity contribution is -0.643. The SMILES string of the molecule is C[NH2+]Cc1cc(C(=O)O)ccc1-c1ccc2c(-c3ccc(C(C)(C)C)cc3)cccc2c1.[Cl-]. The van der Waals surface area contributed by atoms with Crippen LogP contribution in [-0.2, 0) is 12.0 Å². The predicted octanol–water partition coefficient (Wildman–Crippen LogP) is 2.87. The number of fused-ring (bicyclic) bond motifs is 1. The van der Waals surface area contributed by atoms with Crippen LogP contribution in [0.5, 0.6) is 0 Å². The van der Waals surface area contributed by atoms with E-state index in [2.05, 4.69) is 86.8 Å². The fourth-order valence-electron chi connectivity index (χ4n) is 4.25. The molecule has 170 valence electrons. The average molecular weight is 460 g/mol. The highest BCUT2D eigenvalue weighted by Gasteiger charge is 2.15. The third kappa shape index (κ3) is 5.11. The van der Waals surface area contributed by atoms with E-state index in [1.54, 1.807) is 12.1 Å². The zero-order chi connectivity index (χ0) is 22.9. The van der Waals surface area contributed by atoms with Crippen molar-refractivity contribution in [2.24, 2.45) is 0 Å². The number of rotatable bonds is 5. The number of halogens is 1. The van der Waals surface area contributed by atoms with Gasteiger partial charge in [0.2, 0.25) is 0 Å². The van der Waals surface area contributed by atoms with Crippen LogP contribution in [0.25, 0.3) is 33.0 Å². The molecule has 0 heterocycles. The van der Waals surface area contributed by atoms with E-state index in [9.17, 15) is 9.90 Å². The second kappa shape index (κ2) is 9.78. The fourth-order valence-corrected chi connectivity index (χ4v) is 4.25. The molecule has 4 aromatic rings. The Bertz CT molecular complexity index is 1290. The third-order valence-corrected chi connectivity index (χ3v) is 6.03. The molecule has 0 radical (unpaired) electrons. The lowest BCUT2D eigenvalue weighted by Crippen LogP contribution is -3.00. The van der Waals surface area contributed by atoms with E-state index < -0.39 is 5.97 Å². The lowest BCUT2D eigenvalue weighted by Gasteiger charge is -2.19. The summed E-state index contributed by atoms with van der Waals surface area (Å²) in [5.74, 6) is -0.894. The number of hydrogen-bond donors (Lipinski definition) is 2. The van der Waals surface area contributed by atoms with E-state index in [-0.39, 0.29) is 17.8 Å². The van der Waals surface area contributed by atoms with E-state index in [0.717, 1.165) is 23.2 Å². The standard InChI is InChI=1S/C29H29NO2.ClH/c1-29(2,3)24-12-8-19(9-13-24)26-7-5-6-20-16-21(10-15-27(20)26)25-14-11-22(28(31)32)17-23(25)18-30-4;/h5-17,30H,18H2,1-4H3,(H,31,32);1H. The van der Waals surface area contributed by atoms with Gasteiger partial charge in [0.1, 0.15) is 6.54 Å². The molecule has 0 bridgehead atoms. The molecule has 0 spiro atoms. The van der Waals surface area contributed by atoms with Crippen LogP contribution >= 0.6 is 0 Å². The van der Waals surface area contributed by atoms with Gasteiger partial charge >= 0.3 is 5.97 Å². The zero-order valence-electron chi connectivity index (χ0n) is 19.5. The molecule has 4 aromatic carbocycles. The van der Waals surface area contributed by atoms with Crippen LogP contribution in [0.4, 0.5) is 0 Å². The minimum absolute atomic E-state index is 0. The maximum Gasteiger partial charge on any atom is 0.335 e. The normalized spacial score (nSPS) is 11.3. The van der Waals surface area contributed by atoms with Gasteiger partial charge in [-0.05, 0) is 62.2 Å². The monoisotopic (exact) mass is 459 g/mol. The van der Waals surface area contributed by atoms with E-state index >= 15 is 0 Å². The number of carboxylic acid groups (broad SMARTS) is 1. The van der Waals surface area contributed by atoms with Crippen LogP contribution < -0.4 is 17.7 Å². The Hall–Kier alpha value is -3.14. The molecule has 3 N–H and O–H groups in total. The van der Waals surface area contributed by atoms with Crippen molar-refractivity contribution in [2.45, 2.75) is 32.7 Å². The van der Waals surface area contributed by atoms with Crippen molar-refractivity contribution in [1.82, 2.24) is 0 Å². The van der Waals surface area contributed by atoms with Crippen LogP contribution in [0.3, 0.4) is 0 Å². The number of nitrogens with two attached hydrogens (primary N) is 1. The summed E-state index contributed by atoms with van der Waals surface area (Å²) in [5, 5.41) is 13.8. The van der Waals surface area contributed by atoms with Crippen molar-refractivity contribution < 1.29 is 27.6 Å². The summed E-state index contributed by atoms with van der Waals surface area (Å²) >= 11 is 0. The van der Waals surface area contributed by atoms with Crippen LogP contribution in [0.15, 0.2) is 78.9 Å². The maximum absolute atomic E-state index is 11.4. The van der Waals surface area contributed by atoms with Gasteiger partial charge in [0.15, 0.2) is 0 Å². The second-order valence-electron chi connectivity index (χ2n) is 9.36. The molecule has 0 fully saturated rings. The Morgan fingerprint density at radius 2 is 1.55 bits per heavy atom. The highest BCUT2D eigenvalue weighted by Crippen LogP contribution is 2.34. The molecule has 0 aliphatic rings. The van der Waals surface area contributed by atoms with Gasteiger partial charge in [-0.15, -0.1) is 0 Å². The molecule has 4 heteroatoms. The van der Waals surface area contributed by atoms with Gasteiger partial charge in [0.05, 0.1) is 12.6 Å². The highest BCUT2D eigenvalue weighted by molar-refractivity contribution is 5.99. The van der Waals surface area contributed by atoms with Gasteiger partial charge in [-0.2, -0.15) is 0 Å². The first kappa shape index (κ1) is 24.5. The van der Waals surface area contributed by atoms with Crippen LogP contribution in [0, 0.1) is 0 Å². The van der Waals surface area contributed by atoms with Crippen LogP contribution in [0.2, 0.25) is 0 Å². The number of quaternary nitrogens is 1. The van der Waals surface area contributed by atoms with E-state index in [4.69, 9.17) is 0 Å². The van der Waals surface area contributed by atoms with Gasteiger partial charge in [0, 0.05) is 5.56 Å². The van der Waals surface area contributed by atoms with Crippen LogP contribution in [0.1, 0.15) is 42.3 Å². The summed E-state index contributed by atoms with van der Waals surface area (Å²) in [6, 6.07) is 27.2. The van der Waals surface area contributed by atoms with Gasteiger partial charge in [0.25, 0.3) is 0 Å². The summed E-state index contributed by atoms with van der Waals surface area (Å²) in [4.78, 5) is 11.4. The zero-order valence-corrected chi connectivity index (χ0v) is 20.3. The quantitative estimate of drug-likeness (QED) is 0.482. The smallest absolute Gasteiger partial charge is 0.335 e. The molecule has 0 aromatic heterocycles. The molecular formula is C29H30ClNO2. The van der Waals surface area contributed by atoms with Gasteiger partial charge in [-0.1, -0.05) is 81.4 Å². The minimum Gasteiger partial charge on any atom is -1.00 e. The molecule has 4 rings (SSSR count). The summed E-state index contributed by atoms with van der Waals surface area (Å²) in [5.41, 5.74) is 7.43. The molecule has 0 unspecified atom stereocenters. The summed E-state index contributed by atoms with van der Waals surface area (Å²) < 4.78 is 0. The lowest BCUT2D eigenvalue weighted by atomic mass is 9.86. The molecule has 0 amide bonds. The topological polar surface area (TPSA) is 53.9 Å². The molecule has 3 nitrogen and oxygen atoms in total. The first-order chi connectivity index (χ1) is 15.3. The van der Waals surface area contributed by atoms with Gasteiger partial charge in [-0.3, -0.25) is 0 Å². The third-order valence-electron chi connectivity index (χ3n) is 6.03. The van der Waals surface area contributed by atoms with Gasteiger partial charge < -0.3 is 22.8 Å². The Balaban J connectivity index is 0.00000306. The largest absolute Gasteiger partial charge is 1.00 e.